The molecule has 1 N–H and O–H groups in total. The number of aromatic nitrogens is 1. The summed E-state index contributed by atoms with van der Waals surface area (Å²) < 4.78 is 21.4. The minimum atomic E-state index is -0.627. The topological polar surface area (TPSA) is 96.0 Å². The van der Waals surface area contributed by atoms with Gasteiger partial charge in [0.25, 0.3) is 0 Å². The van der Waals surface area contributed by atoms with E-state index in [1.165, 1.54) is 7.11 Å². The van der Waals surface area contributed by atoms with Crippen LogP contribution in [0.2, 0.25) is 0 Å². The van der Waals surface area contributed by atoms with Gasteiger partial charge in [-0.15, -0.1) is 0 Å². The fraction of sp³-hybridized carbons (Fsp3) is 0.409. The van der Waals surface area contributed by atoms with Gasteiger partial charge in [-0.2, -0.15) is 4.98 Å². The summed E-state index contributed by atoms with van der Waals surface area (Å²) in [6, 6.07) is 9.59. The molecule has 0 aliphatic carbocycles. The minimum absolute atomic E-state index is 0.223. The van der Waals surface area contributed by atoms with Crippen molar-refractivity contribution >= 4 is 17.7 Å². The van der Waals surface area contributed by atoms with Crippen LogP contribution in [0.5, 0.6) is 17.5 Å². The van der Waals surface area contributed by atoms with Crippen LogP contribution in [0.3, 0.4) is 0 Å². The summed E-state index contributed by atoms with van der Waals surface area (Å²) in [4.78, 5) is 28.0. The molecule has 2 aromatic rings. The lowest BCUT2D eigenvalue weighted by atomic mass is 10.2. The number of benzene rings is 1. The molecule has 0 spiro atoms. The van der Waals surface area contributed by atoms with Crippen LogP contribution in [-0.2, 0) is 9.47 Å². The molecule has 0 radical (unpaired) electrons. The number of nitrogens with one attached hydrogen (secondary N) is 1. The van der Waals surface area contributed by atoms with E-state index < -0.39 is 17.7 Å². The number of hydrogen-bond donors (Lipinski definition) is 1. The maximum absolute atomic E-state index is 12.1. The Balaban J connectivity index is 2.20. The van der Waals surface area contributed by atoms with E-state index in [9.17, 15) is 9.59 Å². The summed E-state index contributed by atoms with van der Waals surface area (Å²) in [5.41, 5.74) is 0.201. The molecule has 0 aliphatic heterocycles. The van der Waals surface area contributed by atoms with Gasteiger partial charge in [0, 0.05) is 12.1 Å². The van der Waals surface area contributed by atoms with Crippen molar-refractivity contribution in [1.29, 1.82) is 0 Å². The Morgan fingerprint density at radius 2 is 1.73 bits per heavy atom. The van der Waals surface area contributed by atoms with E-state index in [-0.39, 0.29) is 5.88 Å². The zero-order valence-corrected chi connectivity index (χ0v) is 18.0. The predicted octanol–water partition coefficient (Wildman–Crippen LogP) is 5.19. The number of anilines is 1. The third-order valence-corrected chi connectivity index (χ3v) is 3.67. The lowest BCUT2D eigenvalue weighted by molar-refractivity contribution is 0.0598. The van der Waals surface area contributed by atoms with Gasteiger partial charge in [-0.25, -0.2) is 9.59 Å². The standard InChI is InChI=1S/C22H28N2O6/c1-6-7-12-28-18-13-16(23-21(26)30-22(2,3)4)14-19(24-18)29-17-10-8-15(9-11-17)20(25)27-5/h8-11,13-14H,6-7,12H2,1-5H3,(H,23,24,26). The molecule has 0 fully saturated rings. The number of hydrogen-bond acceptors (Lipinski definition) is 7. The van der Waals surface area contributed by atoms with Crippen LogP contribution in [0.4, 0.5) is 10.5 Å². The number of unbranched alkanes of at least 4 members (excludes halogenated alkanes) is 1. The lowest BCUT2D eigenvalue weighted by Crippen LogP contribution is -2.27. The smallest absolute Gasteiger partial charge is 0.412 e. The molecule has 1 aromatic carbocycles. The van der Waals surface area contributed by atoms with E-state index >= 15 is 0 Å². The quantitative estimate of drug-likeness (QED) is 0.467. The van der Waals surface area contributed by atoms with Crippen molar-refractivity contribution in [3.8, 4) is 17.5 Å². The molecule has 162 valence electrons. The maximum atomic E-state index is 12.1. The van der Waals surface area contributed by atoms with Gasteiger partial charge in [-0.1, -0.05) is 13.3 Å². The highest BCUT2D eigenvalue weighted by molar-refractivity contribution is 5.89. The number of esters is 1. The molecule has 0 atom stereocenters. The first kappa shape index (κ1) is 23.0. The van der Waals surface area contributed by atoms with Crippen LogP contribution in [0.1, 0.15) is 50.9 Å². The van der Waals surface area contributed by atoms with Crippen molar-refractivity contribution in [2.45, 2.75) is 46.1 Å². The average Bonchev–Trinajstić information content (AvgIpc) is 2.66. The van der Waals surface area contributed by atoms with Gasteiger partial charge < -0.3 is 18.9 Å². The second kappa shape index (κ2) is 10.5. The van der Waals surface area contributed by atoms with Crippen LogP contribution in [0.15, 0.2) is 36.4 Å². The first-order valence-corrected chi connectivity index (χ1v) is 9.71. The van der Waals surface area contributed by atoms with Gasteiger partial charge >= 0.3 is 12.1 Å². The molecule has 0 saturated carbocycles. The van der Waals surface area contributed by atoms with Crippen molar-refractivity contribution < 1.29 is 28.5 Å². The average molecular weight is 416 g/mol. The van der Waals surface area contributed by atoms with Gasteiger partial charge in [0.05, 0.1) is 25.0 Å². The Kier molecular flexibility index (Phi) is 8.03. The number of rotatable bonds is 8. The number of pyridine rings is 1. The molecule has 1 aromatic heterocycles. The van der Waals surface area contributed by atoms with Gasteiger partial charge in [-0.3, -0.25) is 5.32 Å². The van der Waals surface area contributed by atoms with E-state index in [1.807, 2.05) is 0 Å². The van der Waals surface area contributed by atoms with Crippen LogP contribution in [-0.4, -0.2) is 36.4 Å². The molecule has 1 heterocycles. The highest BCUT2D eigenvalue weighted by Gasteiger charge is 2.17. The molecule has 8 nitrogen and oxygen atoms in total. The number of nitrogens with zero attached hydrogens (tertiary/aromatic N) is 1. The molecule has 0 saturated heterocycles. The molecule has 8 heteroatoms. The Morgan fingerprint density at radius 1 is 1.07 bits per heavy atom. The van der Waals surface area contributed by atoms with E-state index in [4.69, 9.17) is 14.2 Å². The molecule has 30 heavy (non-hydrogen) atoms. The van der Waals surface area contributed by atoms with Crippen molar-refractivity contribution in [2.24, 2.45) is 0 Å². The highest BCUT2D eigenvalue weighted by atomic mass is 16.6. The summed E-state index contributed by atoms with van der Waals surface area (Å²) in [7, 11) is 1.32. The van der Waals surface area contributed by atoms with Crippen LogP contribution in [0.25, 0.3) is 0 Å². The third-order valence-electron chi connectivity index (χ3n) is 3.67. The minimum Gasteiger partial charge on any atom is -0.478 e. The Bertz CT molecular complexity index is 859. The number of methoxy groups -OCH3 is 1. The fourth-order valence-corrected chi connectivity index (χ4v) is 2.32. The first-order chi connectivity index (χ1) is 14.2. The summed E-state index contributed by atoms with van der Waals surface area (Å²) in [6.07, 6.45) is 1.25. The Hall–Kier alpha value is -3.29. The van der Waals surface area contributed by atoms with Crippen LogP contribution < -0.4 is 14.8 Å². The largest absolute Gasteiger partial charge is 0.478 e. The molecule has 0 aliphatic rings. The molecule has 0 bridgehead atoms. The van der Waals surface area contributed by atoms with Gasteiger partial charge in [-0.05, 0) is 51.5 Å². The monoisotopic (exact) mass is 416 g/mol. The van der Waals surface area contributed by atoms with Gasteiger partial charge in [0.1, 0.15) is 11.4 Å². The summed E-state index contributed by atoms with van der Waals surface area (Å²) in [5.74, 6) is 0.568. The fourth-order valence-electron chi connectivity index (χ4n) is 2.32. The first-order valence-electron chi connectivity index (χ1n) is 9.71. The summed E-state index contributed by atoms with van der Waals surface area (Å²) in [5, 5.41) is 2.66. The number of carbonyl (C=O) groups is 2. The van der Waals surface area contributed by atoms with Gasteiger partial charge in [0.2, 0.25) is 11.8 Å². The van der Waals surface area contributed by atoms with E-state index in [2.05, 4.69) is 22.0 Å². The summed E-state index contributed by atoms with van der Waals surface area (Å²) >= 11 is 0. The van der Waals surface area contributed by atoms with Crippen LogP contribution in [0, 0.1) is 0 Å². The second-order valence-corrected chi connectivity index (χ2v) is 7.48. The normalized spacial score (nSPS) is 10.8. The number of amides is 1. The molecule has 1 amide bonds. The Morgan fingerprint density at radius 3 is 2.33 bits per heavy atom. The number of ether oxygens (including phenoxy) is 4. The molecular formula is C22H28N2O6. The van der Waals surface area contributed by atoms with Gasteiger partial charge in [0.15, 0.2) is 0 Å². The predicted molar refractivity (Wildman–Crippen MR) is 112 cm³/mol. The Labute approximate surface area is 176 Å². The zero-order chi connectivity index (χ0) is 22.1. The van der Waals surface area contributed by atoms with E-state index in [1.54, 1.807) is 57.2 Å². The van der Waals surface area contributed by atoms with E-state index in [0.717, 1.165) is 12.8 Å². The third kappa shape index (κ3) is 7.62. The van der Waals surface area contributed by atoms with Crippen molar-refractivity contribution in [3.63, 3.8) is 0 Å². The van der Waals surface area contributed by atoms with Crippen molar-refractivity contribution in [2.75, 3.05) is 19.0 Å². The molecule has 2 rings (SSSR count). The number of carbonyl (C=O) groups excluding carboxylic acids is 2. The lowest BCUT2D eigenvalue weighted by Gasteiger charge is -2.20. The molecule has 0 unspecified atom stereocenters. The van der Waals surface area contributed by atoms with Crippen LogP contribution >= 0.6 is 0 Å². The summed E-state index contributed by atoms with van der Waals surface area (Å²) in [6.45, 7) is 7.90. The SMILES string of the molecule is CCCCOc1cc(NC(=O)OC(C)(C)C)cc(Oc2ccc(C(=O)OC)cc2)n1. The van der Waals surface area contributed by atoms with Crippen molar-refractivity contribution in [1.82, 2.24) is 4.98 Å². The van der Waals surface area contributed by atoms with E-state index in [0.29, 0.717) is 29.5 Å². The second-order valence-electron chi connectivity index (χ2n) is 7.48. The molecular weight excluding hydrogens is 388 g/mol. The zero-order valence-electron chi connectivity index (χ0n) is 18.0. The highest BCUT2D eigenvalue weighted by Crippen LogP contribution is 2.27. The van der Waals surface area contributed by atoms with Crippen molar-refractivity contribution in [3.05, 3.63) is 42.0 Å². The maximum Gasteiger partial charge on any atom is 0.412 e.